The zero-order valence-electron chi connectivity index (χ0n) is 10.7. The van der Waals surface area contributed by atoms with Gasteiger partial charge in [0.1, 0.15) is 5.75 Å². The van der Waals surface area contributed by atoms with Crippen LogP contribution in [0.2, 0.25) is 5.02 Å². The van der Waals surface area contributed by atoms with Crippen molar-refractivity contribution in [2.45, 2.75) is 26.4 Å². The number of hydrogen-bond donors (Lipinski definition) is 1. The maximum atomic E-state index is 6.13. The fourth-order valence-electron chi connectivity index (χ4n) is 1.69. The lowest BCUT2D eigenvalue weighted by molar-refractivity contribution is 0.240. The Bertz CT molecular complexity index is 542. The van der Waals surface area contributed by atoms with E-state index in [4.69, 9.17) is 26.6 Å². The summed E-state index contributed by atoms with van der Waals surface area (Å²) in [6.45, 7) is 2.71. The van der Waals surface area contributed by atoms with Crippen molar-refractivity contribution in [2.75, 3.05) is 6.54 Å². The largest absolute Gasteiger partial charge is 0.483 e. The number of aromatic nitrogens is 2. The molecule has 0 atom stereocenters. The molecule has 6 heteroatoms. The maximum Gasteiger partial charge on any atom is 0.264 e. The molecule has 0 aliphatic rings. The summed E-state index contributed by atoms with van der Waals surface area (Å²) in [5, 5.41) is 4.47. The summed E-state index contributed by atoms with van der Waals surface area (Å²) >= 11 is 6.13. The smallest absolute Gasteiger partial charge is 0.264 e. The number of ether oxygens (including phenoxy) is 1. The molecular weight excluding hydrogens is 266 g/mol. The van der Waals surface area contributed by atoms with Gasteiger partial charge in [0.2, 0.25) is 0 Å². The second-order valence-corrected chi connectivity index (χ2v) is 4.41. The van der Waals surface area contributed by atoms with E-state index in [1.165, 1.54) is 0 Å². The van der Waals surface area contributed by atoms with Crippen molar-refractivity contribution < 1.29 is 9.26 Å². The van der Waals surface area contributed by atoms with Crippen LogP contribution >= 0.6 is 11.6 Å². The Balaban J connectivity index is 2.08. The van der Waals surface area contributed by atoms with Gasteiger partial charge in [-0.25, -0.2) is 0 Å². The lowest BCUT2D eigenvalue weighted by Gasteiger charge is -2.10. The van der Waals surface area contributed by atoms with Gasteiger partial charge >= 0.3 is 0 Å². The number of rotatable bonds is 6. The van der Waals surface area contributed by atoms with Gasteiger partial charge in [0.05, 0.1) is 0 Å². The van der Waals surface area contributed by atoms with Crippen molar-refractivity contribution >= 4 is 11.6 Å². The van der Waals surface area contributed by atoms with Gasteiger partial charge in [0.15, 0.2) is 12.4 Å². The molecule has 1 aromatic carbocycles. The van der Waals surface area contributed by atoms with E-state index in [0.717, 1.165) is 12.0 Å². The highest BCUT2D eigenvalue weighted by Gasteiger charge is 2.10. The van der Waals surface area contributed by atoms with Crippen molar-refractivity contribution in [3.8, 4) is 5.75 Å². The summed E-state index contributed by atoms with van der Waals surface area (Å²) < 4.78 is 10.7. The minimum absolute atomic E-state index is 0.227. The molecule has 0 aliphatic heterocycles. The molecule has 1 aromatic heterocycles. The van der Waals surface area contributed by atoms with E-state index in [1.54, 1.807) is 0 Å². The summed E-state index contributed by atoms with van der Waals surface area (Å²) in [6.07, 6.45) is 1.40. The molecule has 0 saturated heterocycles. The molecule has 0 fully saturated rings. The Morgan fingerprint density at radius 3 is 2.95 bits per heavy atom. The van der Waals surface area contributed by atoms with Gasteiger partial charge in [0, 0.05) is 17.0 Å². The van der Waals surface area contributed by atoms with Crippen LogP contribution in [-0.4, -0.2) is 16.7 Å². The summed E-state index contributed by atoms with van der Waals surface area (Å²) in [4.78, 5) is 4.18. The van der Waals surface area contributed by atoms with E-state index in [-0.39, 0.29) is 6.61 Å². The topological polar surface area (TPSA) is 74.2 Å². The SMILES string of the molecule is CCc1noc(COc2cccc(Cl)c2CCN)n1. The normalized spacial score (nSPS) is 10.7. The quantitative estimate of drug-likeness (QED) is 0.880. The molecule has 0 bridgehead atoms. The van der Waals surface area contributed by atoms with Gasteiger partial charge in [-0.2, -0.15) is 4.98 Å². The predicted octanol–water partition coefficient (Wildman–Crippen LogP) is 2.37. The molecule has 19 heavy (non-hydrogen) atoms. The minimum Gasteiger partial charge on any atom is -0.483 e. The highest BCUT2D eigenvalue weighted by molar-refractivity contribution is 6.31. The average Bonchev–Trinajstić information content (AvgIpc) is 2.87. The van der Waals surface area contributed by atoms with E-state index in [0.29, 0.717) is 35.5 Å². The van der Waals surface area contributed by atoms with Crippen LogP contribution in [0.15, 0.2) is 22.7 Å². The summed E-state index contributed by atoms with van der Waals surface area (Å²) in [5.41, 5.74) is 6.48. The number of aryl methyl sites for hydroxylation is 1. The highest BCUT2D eigenvalue weighted by Crippen LogP contribution is 2.27. The average molecular weight is 282 g/mol. The highest BCUT2D eigenvalue weighted by atomic mass is 35.5. The van der Waals surface area contributed by atoms with E-state index in [1.807, 2.05) is 25.1 Å². The van der Waals surface area contributed by atoms with Gasteiger partial charge < -0.3 is 15.0 Å². The number of hydrogen-bond acceptors (Lipinski definition) is 5. The molecule has 2 N–H and O–H groups in total. The first-order valence-electron chi connectivity index (χ1n) is 6.16. The van der Waals surface area contributed by atoms with Crippen molar-refractivity contribution in [3.63, 3.8) is 0 Å². The molecule has 0 aliphatic carbocycles. The third-order valence-corrected chi connectivity index (χ3v) is 3.00. The summed E-state index contributed by atoms with van der Waals surface area (Å²) in [5.74, 6) is 1.83. The van der Waals surface area contributed by atoms with Gasteiger partial charge in [0.25, 0.3) is 5.89 Å². The molecule has 0 spiro atoms. The molecule has 0 radical (unpaired) electrons. The fourth-order valence-corrected chi connectivity index (χ4v) is 1.95. The van der Waals surface area contributed by atoms with Crippen LogP contribution < -0.4 is 10.5 Å². The number of halogens is 1. The van der Waals surface area contributed by atoms with Crippen molar-refractivity contribution in [1.29, 1.82) is 0 Å². The van der Waals surface area contributed by atoms with Crippen LogP contribution in [0.5, 0.6) is 5.75 Å². The number of nitrogens with two attached hydrogens (primary N) is 1. The Morgan fingerprint density at radius 2 is 2.26 bits per heavy atom. The first-order chi connectivity index (χ1) is 9.24. The van der Waals surface area contributed by atoms with Crippen molar-refractivity contribution in [3.05, 3.63) is 40.5 Å². The van der Waals surface area contributed by atoms with Gasteiger partial charge in [-0.3, -0.25) is 0 Å². The Labute approximate surface area is 116 Å². The second kappa shape index (κ2) is 6.54. The molecule has 1 heterocycles. The van der Waals surface area contributed by atoms with E-state index in [2.05, 4.69) is 10.1 Å². The van der Waals surface area contributed by atoms with E-state index >= 15 is 0 Å². The van der Waals surface area contributed by atoms with Gasteiger partial charge in [-0.1, -0.05) is 29.7 Å². The monoisotopic (exact) mass is 281 g/mol. The molecule has 5 nitrogen and oxygen atoms in total. The van der Waals surface area contributed by atoms with Crippen LogP contribution in [0.25, 0.3) is 0 Å². The molecule has 0 saturated carbocycles. The zero-order chi connectivity index (χ0) is 13.7. The van der Waals surface area contributed by atoms with Gasteiger partial charge in [-0.05, 0) is 25.1 Å². The molecule has 0 amide bonds. The van der Waals surface area contributed by atoms with Crippen LogP contribution in [0.1, 0.15) is 24.2 Å². The Kier molecular flexibility index (Phi) is 4.76. The van der Waals surface area contributed by atoms with Crippen LogP contribution in [-0.2, 0) is 19.4 Å². The van der Waals surface area contributed by atoms with Crippen LogP contribution in [0.3, 0.4) is 0 Å². The van der Waals surface area contributed by atoms with Gasteiger partial charge in [-0.15, -0.1) is 0 Å². The molecule has 2 aromatic rings. The van der Waals surface area contributed by atoms with E-state index in [9.17, 15) is 0 Å². The lowest BCUT2D eigenvalue weighted by Crippen LogP contribution is -2.06. The zero-order valence-corrected chi connectivity index (χ0v) is 11.5. The molecular formula is C13H16ClN3O2. The third kappa shape index (κ3) is 3.45. The molecule has 2 rings (SSSR count). The maximum absolute atomic E-state index is 6.13. The van der Waals surface area contributed by atoms with Crippen molar-refractivity contribution in [2.24, 2.45) is 5.73 Å². The van der Waals surface area contributed by atoms with Crippen molar-refractivity contribution in [1.82, 2.24) is 10.1 Å². The van der Waals surface area contributed by atoms with E-state index < -0.39 is 0 Å². The second-order valence-electron chi connectivity index (χ2n) is 4.00. The lowest BCUT2D eigenvalue weighted by atomic mass is 10.1. The summed E-state index contributed by atoms with van der Waals surface area (Å²) in [6, 6.07) is 5.51. The fraction of sp³-hybridized carbons (Fsp3) is 0.385. The number of nitrogens with zero attached hydrogens (tertiary/aromatic N) is 2. The number of benzene rings is 1. The molecule has 102 valence electrons. The first kappa shape index (κ1) is 13.8. The first-order valence-corrected chi connectivity index (χ1v) is 6.54. The standard InChI is InChI=1S/C13H16ClN3O2/c1-2-12-16-13(19-17-12)8-18-11-5-3-4-10(14)9(11)6-7-15/h3-5H,2,6-8,15H2,1H3. The van der Waals surface area contributed by atoms with Crippen LogP contribution in [0, 0.1) is 0 Å². The third-order valence-electron chi connectivity index (χ3n) is 2.65. The predicted molar refractivity (Wildman–Crippen MR) is 72.2 cm³/mol. The minimum atomic E-state index is 0.227. The Hall–Kier alpha value is -1.59. The Morgan fingerprint density at radius 1 is 1.42 bits per heavy atom. The van der Waals surface area contributed by atoms with Crippen LogP contribution in [0.4, 0.5) is 0 Å². The molecule has 0 unspecified atom stereocenters. The summed E-state index contributed by atoms with van der Waals surface area (Å²) in [7, 11) is 0.